The van der Waals surface area contributed by atoms with Crippen LogP contribution in [0.2, 0.25) is 0 Å². The Morgan fingerprint density at radius 3 is 2.95 bits per heavy atom. The lowest BCUT2D eigenvalue weighted by atomic mass is 9.99. The molecule has 0 bridgehead atoms. The predicted molar refractivity (Wildman–Crippen MR) is 75.7 cm³/mol. The van der Waals surface area contributed by atoms with Crippen molar-refractivity contribution in [3.63, 3.8) is 0 Å². The minimum absolute atomic E-state index is 0.0803. The number of carbonyl (C=O) groups excluding carboxylic acids is 1. The highest BCUT2D eigenvalue weighted by molar-refractivity contribution is 7.12. The monoisotopic (exact) mass is 273 g/mol. The van der Waals surface area contributed by atoms with Gasteiger partial charge in [0.2, 0.25) is 0 Å². The van der Waals surface area contributed by atoms with Gasteiger partial charge >= 0.3 is 0 Å². The Morgan fingerprint density at radius 2 is 2.16 bits per heavy atom. The second-order valence-electron chi connectivity index (χ2n) is 4.58. The number of nitrogens with zero attached hydrogens (tertiary/aromatic N) is 1. The van der Waals surface area contributed by atoms with Crippen molar-refractivity contribution in [3.05, 3.63) is 52.2 Å². The largest absolute Gasteiger partial charge is 0.493 e. The topological polar surface area (TPSA) is 29.5 Å². The second kappa shape index (κ2) is 5.05. The molecular formula is C15H15NO2S. The third-order valence-corrected chi connectivity index (χ3v) is 4.30. The van der Waals surface area contributed by atoms with Gasteiger partial charge in [0.25, 0.3) is 5.91 Å². The molecule has 3 nitrogen and oxygen atoms in total. The van der Waals surface area contributed by atoms with E-state index in [-0.39, 0.29) is 11.9 Å². The number of fused-ring (bicyclic) bond motifs is 1. The maximum Gasteiger partial charge on any atom is 0.264 e. The van der Waals surface area contributed by atoms with Crippen molar-refractivity contribution in [1.29, 1.82) is 0 Å². The first kappa shape index (κ1) is 12.2. The van der Waals surface area contributed by atoms with Gasteiger partial charge in [-0.2, -0.15) is 0 Å². The van der Waals surface area contributed by atoms with Crippen molar-refractivity contribution < 1.29 is 9.53 Å². The van der Waals surface area contributed by atoms with Gasteiger partial charge in [0.15, 0.2) is 0 Å². The van der Waals surface area contributed by atoms with E-state index in [4.69, 9.17) is 4.74 Å². The summed E-state index contributed by atoms with van der Waals surface area (Å²) in [7, 11) is 1.87. The van der Waals surface area contributed by atoms with Crippen molar-refractivity contribution in [2.75, 3.05) is 13.7 Å². The minimum atomic E-state index is 0.0803. The molecule has 0 spiro atoms. The van der Waals surface area contributed by atoms with Crippen LogP contribution < -0.4 is 4.74 Å². The van der Waals surface area contributed by atoms with Crippen LogP contribution in [0.1, 0.15) is 27.7 Å². The molecule has 0 saturated heterocycles. The number of amides is 1. The fourth-order valence-electron chi connectivity index (χ4n) is 2.44. The Labute approximate surface area is 116 Å². The number of carbonyl (C=O) groups is 1. The van der Waals surface area contributed by atoms with Gasteiger partial charge in [0.1, 0.15) is 5.75 Å². The van der Waals surface area contributed by atoms with E-state index < -0.39 is 0 Å². The van der Waals surface area contributed by atoms with Crippen molar-refractivity contribution in [2.24, 2.45) is 0 Å². The molecule has 0 aliphatic carbocycles. The molecule has 19 heavy (non-hydrogen) atoms. The zero-order valence-electron chi connectivity index (χ0n) is 10.7. The van der Waals surface area contributed by atoms with Gasteiger partial charge in [-0.15, -0.1) is 11.3 Å². The van der Waals surface area contributed by atoms with Gasteiger partial charge in [-0.25, -0.2) is 0 Å². The molecule has 0 saturated carbocycles. The normalized spacial score (nSPS) is 17.4. The van der Waals surface area contributed by atoms with Crippen LogP contribution in [-0.4, -0.2) is 24.5 Å². The standard InChI is InChI=1S/C15H15NO2S/c1-16(15(17)14-7-4-10-19-14)12-8-9-18-13-6-3-2-5-11(12)13/h2-7,10,12H,8-9H2,1H3. The summed E-state index contributed by atoms with van der Waals surface area (Å²) in [6.07, 6.45) is 0.838. The van der Waals surface area contributed by atoms with Crippen LogP contribution in [-0.2, 0) is 0 Å². The first-order valence-corrected chi connectivity index (χ1v) is 7.18. The molecule has 1 aliphatic heterocycles. The van der Waals surface area contributed by atoms with Gasteiger partial charge in [0.05, 0.1) is 17.5 Å². The first-order chi connectivity index (χ1) is 9.27. The zero-order chi connectivity index (χ0) is 13.2. The number of hydrogen-bond acceptors (Lipinski definition) is 3. The molecule has 1 aliphatic rings. The van der Waals surface area contributed by atoms with E-state index in [0.717, 1.165) is 22.6 Å². The van der Waals surface area contributed by atoms with Crippen LogP contribution in [0.15, 0.2) is 41.8 Å². The van der Waals surface area contributed by atoms with Crippen LogP contribution in [0.3, 0.4) is 0 Å². The summed E-state index contributed by atoms with van der Waals surface area (Å²) in [5, 5.41) is 1.93. The SMILES string of the molecule is CN(C(=O)c1cccs1)C1CCOc2ccccc21. The third-order valence-electron chi connectivity index (χ3n) is 3.45. The van der Waals surface area contributed by atoms with E-state index in [1.807, 2.05) is 53.7 Å². The molecule has 1 aromatic heterocycles. The summed E-state index contributed by atoms with van der Waals surface area (Å²) in [6, 6.07) is 11.8. The van der Waals surface area contributed by atoms with Crippen LogP contribution in [0.25, 0.3) is 0 Å². The Morgan fingerprint density at radius 1 is 1.32 bits per heavy atom. The Kier molecular flexibility index (Phi) is 3.25. The smallest absolute Gasteiger partial charge is 0.264 e. The Hall–Kier alpha value is -1.81. The molecule has 3 rings (SSSR count). The number of ether oxygens (including phenoxy) is 1. The van der Waals surface area contributed by atoms with E-state index in [1.165, 1.54) is 11.3 Å². The molecule has 1 aromatic carbocycles. The maximum atomic E-state index is 12.4. The summed E-state index contributed by atoms with van der Waals surface area (Å²) in [5.41, 5.74) is 1.10. The molecule has 2 heterocycles. The van der Waals surface area contributed by atoms with E-state index in [2.05, 4.69) is 0 Å². The summed E-state index contributed by atoms with van der Waals surface area (Å²) in [5.74, 6) is 0.973. The van der Waals surface area contributed by atoms with E-state index in [9.17, 15) is 4.79 Å². The summed E-state index contributed by atoms with van der Waals surface area (Å²) in [6.45, 7) is 0.656. The van der Waals surface area contributed by atoms with E-state index in [0.29, 0.717) is 6.61 Å². The molecule has 1 amide bonds. The number of benzene rings is 1. The molecular weight excluding hydrogens is 258 g/mol. The fourth-order valence-corrected chi connectivity index (χ4v) is 3.15. The highest BCUT2D eigenvalue weighted by atomic mass is 32.1. The quantitative estimate of drug-likeness (QED) is 0.840. The molecule has 0 fully saturated rings. The molecule has 0 N–H and O–H groups in total. The third kappa shape index (κ3) is 2.24. The van der Waals surface area contributed by atoms with Crippen molar-refractivity contribution in [1.82, 2.24) is 4.90 Å². The fraction of sp³-hybridized carbons (Fsp3) is 0.267. The van der Waals surface area contributed by atoms with Gasteiger partial charge in [0, 0.05) is 19.0 Å². The average molecular weight is 273 g/mol. The van der Waals surface area contributed by atoms with Gasteiger partial charge in [-0.3, -0.25) is 4.79 Å². The number of thiophene rings is 1. The van der Waals surface area contributed by atoms with E-state index >= 15 is 0 Å². The first-order valence-electron chi connectivity index (χ1n) is 6.30. The molecule has 2 aromatic rings. The lowest BCUT2D eigenvalue weighted by Crippen LogP contribution is -2.33. The van der Waals surface area contributed by atoms with Crippen LogP contribution in [0.5, 0.6) is 5.75 Å². The maximum absolute atomic E-state index is 12.4. The summed E-state index contributed by atoms with van der Waals surface area (Å²) >= 11 is 1.48. The van der Waals surface area contributed by atoms with Crippen LogP contribution in [0.4, 0.5) is 0 Å². The van der Waals surface area contributed by atoms with Crippen molar-refractivity contribution >= 4 is 17.2 Å². The van der Waals surface area contributed by atoms with Crippen molar-refractivity contribution in [2.45, 2.75) is 12.5 Å². The number of para-hydroxylation sites is 1. The molecule has 98 valence electrons. The van der Waals surface area contributed by atoms with Crippen LogP contribution >= 0.6 is 11.3 Å². The molecule has 1 unspecified atom stereocenters. The van der Waals surface area contributed by atoms with Crippen molar-refractivity contribution in [3.8, 4) is 5.75 Å². The molecule has 4 heteroatoms. The number of hydrogen-bond donors (Lipinski definition) is 0. The number of rotatable bonds is 2. The highest BCUT2D eigenvalue weighted by Gasteiger charge is 2.28. The Balaban J connectivity index is 1.89. The molecule has 1 atom stereocenters. The Bertz CT molecular complexity index is 580. The predicted octanol–water partition coefficient (Wildman–Crippen LogP) is 3.34. The average Bonchev–Trinajstić information content (AvgIpc) is 2.99. The zero-order valence-corrected chi connectivity index (χ0v) is 11.5. The lowest BCUT2D eigenvalue weighted by Gasteiger charge is -2.33. The molecule has 0 radical (unpaired) electrons. The second-order valence-corrected chi connectivity index (χ2v) is 5.53. The summed E-state index contributed by atoms with van der Waals surface area (Å²) < 4.78 is 5.64. The van der Waals surface area contributed by atoms with Gasteiger partial charge in [-0.1, -0.05) is 24.3 Å². The minimum Gasteiger partial charge on any atom is -0.493 e. The highest BCUT2D eigenvalue weighted by Crippen LogP contribution is 2.35. The lowest BCUT2D eigenvalue weighted by molar-refractivity contribution is 0.0691. The summed E-state index contributed by atoms with van der Waals surface area (Å²) in [4.78, 5) is 15.0. The van der Waals surface area contributed by atoms with Crippen LogP contribution in [0, 0.1) is 0 Å². The van der Waals surface area contributed by atoms with E-state index in [1.54, 1.807) is 0 Å². The van der Waals surface area contributed by atoms with Gasteiger partial charge < -0.3 is 9.64 Å². The van der Waals surface area contributed by atoms with Gasteiger partial charge in [-0.05, 0) is 17.5 Å².